The summed E-state index contributed by atoms with van der Waals surface area (Å²) in [6.45, 7) is 6.85. The lowest BCUT2D eigenvalue weighted by Crippen LogP contribution is -2.03. The van der Waals surface area contributed by atoms with Crippen molar-refractivity contribution in [3.63, 3.8) is 0 Å². The Morgan fingerprint density at radius 1 is 1.07 bits per heavy atom. The number of aromatic nitrogens is 2. The molecule has 0 N–H and O–H groups in total. The number of fused-ring (bicyclic) bond motifs is 1. The van der Waals surface area contributed by atoms with Gasteiger partial charge >= 0.3 is 5.97 Å². The van der Waals surface area contributed by atoms with E-state index in [-0.39, 0.29) is 5.97 Å². The zero-order valence-electron chi connectivity index (χ0n) is 16.4. The molecule has 3 aromatic rings. The number of aryl methyl sites for hydroxylation is 1. The minimum atomic E-state index is -0.349. The second kappa shape index (κ2) is 9.50. The van der Waals surface area contributed by atoms with E-state index in [9.17, 15) is 4.79 Å². The summed E-state index contributed by atoms with van der Waals surface area (Å²) in [6.07, 6.45) is 4.82. The Bertz CT molecular complexity index is 937. The van der Waals surface area contributed by atoms with Crippen molar-refractivity contribution in [2.45, 2.75) is 40.0 Å². The van der Waals surface area contributed by atoms with E-state index in [4.69, 9.17) is 14.2 Å². The summed E-state index contributed by atoms with van der Waals surface area (Å²) in [4.78, 5) is 21.9. The van der Waals surface area contributed by atoms with Crippen molar-refractivity contribution in [3.05, 3.63) is 41.0 Å². The Balaban J connectivity index is 1.78. The molecule has 2 heterocycles. The number of thiophene rings is 1. The minimum Gasteiger partial charge on any atom is -0.494 e. The van der Waals surface area contributed by atoms with Gasteiger partial charge in [0.05, 0.1) is 18.6 Å². The SMILES string of the molecule is CCCCCOc1ccc(Oc2ncnc3sc(C(=O)OCC)c(C)c23)cc1. The van der Waals surface area contributed by atoms with Gasteiger partial charge in [0.25, 0.3) is 0 Å². The van der Waals surface area contributed by atoms with Crippen molar-refractivity contribution in [1.82, 2.24) is 9.97 Å². The molecule has 0 atom stereocenters. The molecule has 0 spiro atoms. The highest BCUT2D eigenvalue weighted by Crippen LogP contribution is 2.36. The first-order valence-corrected chi connectivity index (χ1v) is 10.3. The van der Waals surface area contributed by atoms with Crippen LogP contribution in [0, 0.1) is 6.92 Å². The molecule has 0 aliphatic carbocycles. The maximum atomic E-state index is 12.2. The zero-order valence-corrected chi connectivity index (χ0v) is 17.2. The molecule has 0 radical (unpaired) electrons. The lowest BCUT2D eigenvalue weighted by molar-refractivity contribution is 0.0531. The van der Waals surface area contributed by atoms with Crippen LogP contribution in [0.15, 0.2) is 30.6 Å². The van der Waals surface area contributed by atoms with E-state index in [1.807, 2.05) is 31.2 Å². The molecule has 0 saturated heterocycles. The van der Waals surface area contributed by atoms with Gasteiger partial charge in [-0.2, -0.15) is 0 Å². The van der Waals surface area contributed by atoms with Gasteiger partial charge < -0.3 is 14.2 Å². The zero-order chi connectivity index (χ0) is 19.9. The second-order valence-electron chi connectivity index (χ2n) is 6.26. The van der Waals surface area contributed by atoms with E-state index >= 15 is 0 Å². The number of benzene rings is 1. The molecule has 0 amide bonds. The average molecular weight is 401 g/mol. The lowest BCUT2D eigenvalue weighted by atomic mass is 10.2. The number of unbranched alkanes of at least 4 members (excludes halogenated alkanes) is 2. The van der Waals surface area contributed by atoms with Gasteiger partial charge in [0.15, 0.2) is 0 Å². The van der Waals surface area contributed by atoms with E-state index in [1.54, 1.807) is 6.92 Å². The van der Waals surface area contributed by atoms with Gasteiger partial charge in [0, 0.05) is 0 Å². The van der Waals surface area contributed by atoms with Crippen LogP contribution in [0.2, 0.25) is 0 Å². The standard InChI is InChI=1S/C21H24N2O4S/c1-4-6-7-12-26-15-8-10-16(11-9-15)27-19-17-14(3)18(21(24)25-5-2)28-20(17)23-13-22-19/h8-11,13H,4-7,12H2,1-3H3. The summed E-state index contributed by atoms with van der Waals surface area (Å²) >= 11 is 1.29. The van der Waals surface area contributed by atoms with Gasteiger partial charge in [-0.25, -0.2) is 14.8 Å². The molecule has 3 rings (SSSR count). The molecule has 6 nitrogen and oxygen atoms in total. The molecule has 0 aliphatic heterocycles. The fraction of sp³-hybridized carbons (Fsp3) is 0.381. The Kier molecular flexibility index (Phi) is 6.81. The molecule has 0 unspecified atom stereocenters. The van der Waals surface area contributed by atoms with Crippen LogP contribution in [-0.2, 0) is 4.74 Å². The number of carbonyl (C=O) groups is 1. The molecule has 0 bridgehead atoms. The van der Waals surface area contributed by atoms with E-state index < -0.39 is 0 Å². The predicted octanol–water partition coefficient (Wildman–Crippen LogP) is 5.54. The average Bonchev–Trinajstić information content (AvgIpc) is 3.04. The third kappa shape index (κ3) is 4.59. The second-order valence-corrected chi connectivity index (χ2v) is 7.26. The molecule has 28 heavy (non-hydrogen) atoms. The highest BCUT2D eigenvalue weighted by molar-refractivity contribution is 7.20. The minimum absolute atomic E-state index is 0.328. The van der Waals surface area contributed by atoms with Gasteiger partial charge in [-0.05, 0) is 50.1 Å². The van der Waals surface area contributed by atoms with Gasteiger partial charge in [-0.15, -0.1) is 11.3 Å². The topological polar surface area (TPSA) is 70.5 Å². The monoisotopic (exact) mass is 400 g/mol. The van der Waals surface area contributed by atoms with E-state index in [1.165, 1.54) is 30.5 Å². The number of hydrogen-bond donors (Lipinski definition) is 0. The summed E-state index contributed by atoms with van der Waals surface area (Å²) < 4.78 is 16.8. The van der Waals surface area contributed by atoms with E-state index in [2.05, 4.69) is 16.9 Å². The predicted molar refractivity (Wildman–Crippen MR) is 110 cm³/mol. The van der Waals surface area contributed by atoms with Crippen LogP contribution >= 0.6 is 11.3 Å². The van der Waals surface area contributed by atoms with Crippen LogP contribution in [-0.4, -0.2) is 29.2 Å². The molecule has 0 saturated carbocycles. The Labute approximate surface area is 168 Å². The molecule has 1 aromatic carbocycles. The molecule has 2 aromatic heterocycles. The van der Waals surface area contributed by atoms with Crippen LogP contribution in [0.1, 0.15) is 48.3 Å². The van der Waals surface area contributed by atoms with Crippen LogP contribution < -0.4 is 9.47 Å². The van der Waals surface area contributed by atoms with Gasteiger partial charge in [0.1, 0.15) is 27.5 Å². The summed E-state index contributed by atoms with van der Waals surface area (Å²) in [6, 6.07) is 7.45. The number of ether oxygens (including phenoxy) is 3. The number of nitrogens with zero attached hydrogens (tertiary/aromatic N) is 2. The number of carbonyl (C=O) groups excluding carboxylic acids is 1. The number of esters is 1. The van der Waals surface area contributed by atoms with Gasteiger partial charge in [-0.3, -0.25) is 0 Å². The highest BCUT2D eigenvalue weighted by Gasteiger charge is 2.21. The van der Waals surface area contributed by atoms with E-state index in [0.29, 0.717) is 34.6 Å². The number of hydrogen-bond acceptors (Lipinski definition) is 7. The summed E-state index contributed by atoms with van der Waals surface area (Å²) in [5, 5.41) is 0.732. The summed E-state index contributed by atoms with van der Waals surface area (Å²) in [5.41, 5.74) is 0.768. The maximum Gasteiger partial charge on any atom is 0.348 e. The van der Waals surface area contributed by atoms with Crippen molar-refractivity contribution in [2.75, 3.05) is 13.2 Å². The third-order valence-corrected chi connectivity index (χ3v) is 5.39. The van der Waals surface area contributed by atoms with Crippen LogP contribution in [0.25, 0.3) is 10.2 Å². The summed E-state index contributed by atoms with van der Waals surface area (Å²) in [5.74, 6) is 1.53. The molecule has 7 heteroatoms. The Morgan fingerprint density at radius 2 is 1.82 bits per heavy atom. The van der Waals surface area contributed by atoms with Crippen LogP contribution in [0.3, 0.4) is 0 Å². The molecule has 0 fully saturated rings. The van der Waals surface area contributed by atoms with Crippen LogP contribution in [0.5, 0.6) is 17.4 Å². The molecule has 148 valence electrons. The highest BCUT2D eigenvalue weighted by atomic mass is 32.1. The van der Waals surface area contributed by atoms with Crippen molar-refractivity contribution < 1.29 is 19.0 Å². The molecule has 0 aliphatic rings. The van der Waals surface area contributed by atoms with Crippen molar-refractivity contribution >= 4 is 27.5 Å². The lowest BCUT2D eigenvalue weighted by Gasteiger charge is -2.09. The van der Waals surface area contributed by atoms with Crippen molar-refractivity contribution in [3.8, 4) is 17.4 Å². The van der Waals surface area contributed by atoms with E-state index in [0.717, 1.165) is 23.1 Å². The van der Waals surface area contributed by atoms with Crippen molar-refractivity contribution in [1.29, 1.82) is 0 Å². The fourth-order valence-electron chi connectivity index (χ4n) is 2.77. The normalized spacial score (nSPS) is 10.8. The smallest absolute Gasteiger partial charge is 0.348 e. The van der Waals surface area contributed by atoms with Crippen LogP contribution in [0.4, 0.5) is 0 Å². The molecular formula is C21H24N2O4S. The first-order valence-electron chi connectivity index (χ1n) is 9.46. The number of rotatable bonds is 9. The Morgan fingerprint density at radius 3 is 2.54 bits per heavy atom. The van der Waals surface area contributed by atoms with Gasteiger partial charge in [-0.1, -0.05) is 19.8 Å². The Hall–Kier alpha value is -2.67. The largest absolute Gasteiger partial charge is 0.494 e. The van der Waals surface area contributed by atoms with Crippen molar-refractivity contribution in [2.24, 2.45) is 0 Å². The third-order valence-electron chi connectivity index (χ3n) is 4.21. The summed E-state index contributed by atoms with van der Waals surface area (Å²) in [7, 11) is 0. The molecular weight excluding hydrogens is 376 g/mol. The maximum absolute atomic E-state index is 12.2. The quantitative estimate of drug-likeness (QED) is 0.347. The fourth-order valence-corrected chi connectivity index (χ4v) is 3.80. The first-order chi connectivity index (χ1) is 13.6. The van der Waals surface area contributed by atoms with Gasteiger partial charge in [0.2, 0.25) is 5.88 Å². The first kappa shape index (κ1) is 20.1.